The highest BCUT2D eigenvalue weighted by molar-refractivity contribution is 7.14. The summed E-state index contributed by atoms with van der Waals surface area (Å²) in [5, 5.41) is 11.9. The third-order valence-electron chi connectivity index (χ3n) is 3.16. The number of hydrogen-bond acceptors (Lipinski definition) is 3. The number of aliphatic hydroxyl groups is 1. The Bertz CT molecular complexity index is 587. The SMILES string of the molecule is CCCc1cc(C(=O)Nc2ccc(CO)cc2)sc1C. The number of benzene rings is 1. The van der Waals surface area contributed by atoms with E-state index in [4.69, 9.17) is 5.11 Å². The lowest BCUT2D eigenvalue weighted by molar-refractivity contribution is 0.103. The third-order valence-corrected chi connectivity index (χ3v) is 4.25. The molecule has 1 heterocycles. The molecule has 0 aliphatic heterocycles. The van der Waals surface area contributed by atoms with E-state index < -0.39 is 0 Å². The van der Waals surface area contributed by atoms with Crippen LogP contribution in [0.15, 0.2) is 30.3 Å². The number of carbonyl (C=O) groups is 1. The zero-order valence-corrected chi connectivity index (χ0v) is 12.6. The van der Waals surface area contributed by atoms with Crippen LogP contribution in [0.3, 0.4) is 0 Å². The Balaban J connectivity index is 2.08. The Kier molecular flexibility index (Phi) is 4.93. The summed E-state index contributed by atoms with van der Waals surface area (Å²) in [5.74, 6) is -0.0720. The molecule has 106 valence electrons. The first-order valence-electron chi connectivity index (χ1n) is 6.74. The second-order valence-electron chi connectivity index (χ2n) is 4.75. The first-order chi connectivity index (χ1) is 9.63. The maximum Gasteiger partial charge on any atom is 0.265 e. The van der Waals surface area contributed by atoms with E-state index in [9.17, 15) is 4.79 Å². The van der Waals surface area contributed by atoms with Crippen molar-refractivity contribution in [2.75, 3.05) is 5.32 Å². The minimum absolute atomic E-state index is 0.0126. The second kappa shape index (κ2) is 6.68. The van der Waals surface area contributed by atoms with Gasteiger partial charge in [-0.2, -0.15) is 0 Å². The van der Waals surface area contributed by atoms with Gasteiger partial charge in [-0.15, -0.1) is 11.3 Å². The van der Waals surface area contributed by atoms with Crippen molar-refractivity contribution in [1.82, 2.24) is 0 Å². The van der Waals surface area contributed by atoms with Gasteiger partial charge in [0, 0.05) is 10.6 Å². The van der Waals surface area contributed by atoms with Gasteiger partial charge < -0.3 is 10.4 Å². The molecule has 1 aromatic carbocycles. The maximum atomic E-state index is 12.2. The molecule has 1 amide bonds. The van der Waals surface area contributed by atoms with Crippen molar-refractivity contribution >= 4 is 22.9 Å². The lowest BCUT2D eigenvalue weighted by atomic mass is 10.1. The Hall–Kier alpha value is -1.65. The van der Waals surface area contributed by atoms with E-state index in [1.165, 1.54) is 21.8 Å². The van der Waals surface area contributed by atoms with Crippen LogP contribution < -0.4 is 5.32 Å². The van der Waals surface area contributed by atoms with E-state index in [0.29, 0.717) is 0 Å². The number of rotatable bonds is 5. The fraction of sp³-hybridized carbons (Fsp3) is 0.312. The smallest absolute Gasteiger partial charge is 0.265 e. The second-order valence-corrected chi connectivity index (χ2v) is 6.01. The number of anilines is 1. The molecule has 0 unspecified atom stereocenters. The predicted octanol–water partition coefficient (Wildman–Crippen LogP) is 3.75. The molecule has 0 aliphatic carbocycles. The van der Waals surface area contributed by atoms with Gasteiger partial charge in [-0.1, -0.05) is 25.5 Å². The Morgan fingerprint density at radius 1 is 1.30 bits per heavy atom. The zero-order chi connectivity index (χ0) is 14.5. The topological polar surface area (TPSA) is 49.3 Å². The van der Waals surface area contributed by atoms with E-state index in [2.05, 4.69) is 19.2 Å². The summed E-state index contributed by atoms with van der Waals surface area (Å²) in [5.41, 5.74) is 2.84. The lowest BCUT2D eigenvalue weighted by Crippen LogP contribution is -2.10. The first-order valence-corrected chi connectivity index (χ1v) is 7.56. The Morgan fingerprint density at radius 2 is 2.00 bits per heavy atom. The number of nitrogens with one attached hydrogen (secondary N) is 1. The van der Waals surface area contributed by atoms with E-state index in [1.54, 1.807) is 24.3 Å². The van der Waals surface area contributed by atoms with Crippen LogP contribution >= 0.6 is 11.3 Å². The van der Waals surface area contributed by atoms with Gasteiger partial charge in [0.2, 0.25) is 0 Å². The lowest BCUT2D eigenvalue weighted by Gasteiger charge is -2.04. The van der Waals surface area contributed by atoms with Gasteiger partial charge in [0.25, 0.3) is 5.91 Å². The molecule has 0 saturated heterocycles. The van der Waals surface area contributed by atoms with Crippen LogP contribution in [0.2, 0.25) is 0 Å². The molecule has 0 bridgehead atoms. The van der Waals surface area contributed by atoms with Crippen LogP contribution in [-0.4, -0.2) is 11.0 Å². The monoisotopic (exact) mass is 289 g/mol. The summed E-state index contributed by atoms with van der Waals surface area (Å²) in [6.07, 6.45) is 2.10. The van der Waals surface area contributed by atoms with Crippen molar-refractivity contribution in [3.63, 3.8) is 0 Å². The summed E-state index contributed by atoms with van der Waals surface area (Å²) in [7, 11) is 0. The Labute approximate surface area is 123 Å². The van der Waals surface area contributed by atoms with Crippen molar-refractivity contribution in [2.45, 2.75) is 33.3 Å². The van der Waals surface area contributed by atoms with E-state index in [0.717, 1.165) is 29.0 Å². The van der Waals surface area contributed by atoms with Crippen molar-refractivity contribution in [1.29, 1.82) is 0 Å². The highest BCUT2D eigenvalue weighted by atomic mass is 32.1. The minimum Gasteiger partial charge on any atom is -0.392 e. The van der Waals surface area contributed by atoms with Crippen LogP contribution in [0.4, 0.5) is 5.69 Å². The first kappa shape index (κ1) is 14.8. The fourth-order valence-electron chi connectivity index (χ4n) is 2.04. The average Bonchev–Trinajstić information content (AvgIpc) is 2.82. The number of amides is 1. The van der Waals surface area contributed by atoms with Gasteiger partial charge >= 0.3 is 0 Å². The van der Waals surface area contributed by atoms with Crippen LogP contribution in [0.25, 0.3) is 0 Å². The molecule has 3 nitrogen and oxygen atoms in total. The van der Waals surface area contributed by atoms with Crippen LogP contribution in [-0.2, 0) is 13.0 Å². The van der Waals surface area contributed by atoms with Gasteiger partial charge in [0.15, 0.2) is 0 Å². The maximum absolute atomic E-state index is 12.2. The number of aryl methyl sites for hydroxylation is 2. The fourth-order valence-corrected chi connectivity index (χ4v) is 3.00. The van der Waals surface area contributed by atoms with Gasteiger partial charge in [-0.3, -0.25) is 4.79 Å². The molecule has 0 spiro atoms. The number of aliphatic hydroxyl groups excluding tert-OH is 1. The summed E-state index contributed by atoms with van der Waals surface area (Å²) >= 11 is 1.54. The highest BCUT2D eigenvalue weighted by Crippen LogP contribution is 2.24. The van der Waals surface area contributed by atoms with Gasteiger partial charge in [0.05, 0.1) is 11.5 Å². The van der Waals surface area contributed by atoms with E-state index in [1.807, 2.05) is 6.07 Å². The number of carbonyl (C=O) groups excluding carboxylic acids is 1. The van der Waals surface area contributed by atoms with Crippen LogP contribution in [0.5, 0.6) is 0 Å². The third kappa shape index (κ3) is 3.46. The zero-order valence-electron chi connectivity index (χ0n) is 11.8. The van der Waals surface area contributed by atoms with E-state index in [-0.39, 0.29) is 12.5 Å². The minimum atomic E-state index is -0.0720. The van der Waals surface area contributed by atoms with Crippen LogP contribution in [0, 0.1) is 6.92 Å². The molecule has 2 aromatic rings. The summed E-state index contributed by atoms with van der Waals surface area (Å²) in [4.78, 5) is 14.2. The number of hydrogen-bond donors (Lipinski definition) is 2. The molecule has 2 N–H and O–H groups in total. The van der Waals surface area contributed by atoms with Crippen molar-refractivity contribution in [2.24, 2.45) is 0 Å². The quantitative estimate of drug-likeness (QED) is 0.880. The molecule has 0 radical (unpaired) electrons. The van der Waals surface area contributed by atoms with Gasteiger partial charge in [0.1, 0.15) is 0 Å². The van der Waals surface area contributed by atoms with Gasteiger partial charge in [-0.05, 0) is 42.7 Å². The molecule has 0 fully saturated rings. The molecular formula is C16H19NO2S. The Morgan fingerprint density at radius 3 is 2.60 bits per heavy atom. The van der Waals surface area contributed by atoms with Gasteiger partial charge in [-0.25, -0.2) is 0 Å². The molecule has 1 aromatic heterocycles. The standard InChI is InChI=1S/C16H19NO2S/c1-3-4-13-9-15(20-11(13)2)16(19)17-14-7-5-12(10-18)6-8-14/h5-9,18H,3-4,10H2,1-2H3,(H,17,19). The molecule has 2 rings (SSSR count). The summed E-state index contributed by atoms with van der Waals surface area (Å²) in [6, 6.07) is 9.20. The summed E-state index contributed by atoms with van der Waals surface area (Å²) in [6.45, 7) is 4.21. The highest BCUT2D eigenvalue weighted by Gasteiger charge is 2.12. The van der Waals surface area contributed by atoms with Crippen LogP contribution in [0.1, 0.15) is 39.0 Å². The number of thiophene rings is 1. The average molecular weight is 289 g/mol. The van der Waals surface area contributed by atoms with Crippen molar-refractivity contribution < 1.29 is 9.90 Å². The molecule has 0 aliphatic rings. The molecular weight excluding hydrogens is 270 g/mol. The summed E-state index contributed by atoms with van der Waals surface area (Å²) < 4.78 is 0. The van der Waals surface area contributed by atoms with Crippen molar-refractivity contribution in [3.05, 3.63) is 51.2 Å². The normalized spacial score (nSPS) is 10.6. The predicted molar refractivity (Wildman–Crippen MR) is 83.4 cm³/mol. The van der Waals surface area contributed by atoms with E-state index >= 15 is 0 Å². The molecule has 20 heavy (non-hydrogen) atoms. The molecule has 0 atom stereocenters. The van der Waals surface area contributed by atoms with Crippen molar-refractivity contribution in [3.8, 4) is 0 Å². The molecule has 0 saturated carbocycles. The molecule has 4 heteroatoms. The largest absolute Gasteiger partial charge is 0.392 e.